The van der Waals surface area contributed by atoms with Crippen molar-refractivity contribution in [2.45, 2.75) is 45.1 Å². The fourth-order valence-corrected chi connectivity index (χ4v) is 4.75. The molecular formula is C22H28N2O5. The lowest BCUT2D eigenvalue weighted by Crippen LogP contribution is -2.41. The number of benzene rings is 1. The third-order valence-electron chi connectivity index (χ3n) is 6.07. The van der Waals surface area contributed by atoms with Crippen LogP contribution in [0.15, 0.2) is 12.1 Å². The van der Waals surface area contributed by atoms with E-state index in [9.17, 15) is 14.7 Å². The number of aromatic amines is 1. The smallest absolute Gasteiger partial charge is 0.306 e. The van der Waals surface area contributed by atoms with Crippen LogP contribution in [0.3, 0.4) is 0 Å². The van der Waals surface area contributed by atoms with E-state index in [1.807, 2.05) is 30.9 Å². The Bertz CT molecular complexity index is 944. The SMILES string of the molecule is CCCC1(CC(=O)O)OCCc2c1[nH]c1c(C)ccc(C(=O)N3CCOCC3)c21. The van der Waals surface area contributed by atoms with Crippen molar-refractivity contribution in [2.24, 2.45) is 0 Å². The highest BCUT2D eigenvalue weighted by atomic mass is 16.5. The Morgan fingerprint density at radius 3 is 2.69 bits per heavy atom. The van der Waals surface area contributed by atoms with Crippen LogP contribution in [0.4, 0.5) is 0 Å². The highest BCUT2D eigenvalue weighted by molar-refractivity contribution is 6.09. The monoisotopic (exact) mass is 400 g/mol. The topological polar surface area (TPSA) is 91.9 Å². The minimum Gasteiger partial charge on any atom is -0.481 e. The third-order valence-corrected chi connectivity index (χ3v) is 6.07. The number of hydrogen-bond acceptors (Lipinski definition) is 4. The summed E-state index contributed by atoms with van der Waals surface area (Å²) in [6.07, 6.45) is 1.99. The predicted octanol–water partition coefficient (Wildman–Crippen LogP) is 2.99. The van der Waals surface area contributed by atoms with Crippen molar-refractivity contribution in [2.75, 3.05) is 32.9 Å². The normalized spacial score (nSPS) is 21.9. The summed E-state index contributed by atoms with van der Waals surface area (Å²) in [7, 11) is 0. The van der Waals surface area contributed by atoms with E-state index in [4.69, 9.17) is 9.47 Å². The number of carbonyl (C=O) groups excluding carboxylic acids is 1. The van der Waals surface area contributed by atoms with Gasteiger partial charge < -0.3 is 24.5 Å². The molecule has 1 atom stereocenters. The largest absolute Gasteiger partial charge is 0.481 e. The Morgan fingerprint density at radius 1 is 1.24 bits per heavy atom. The summed E-state index contributed by atoms with van der Waals surface area (Å²) in [6, 6.07) is 3.86. The van der Waals surface area contributed by atoms with Crippen LogP contribution < -0.4 is 0 Å². The van der Waals surface area contributed by atoms with Gasteiger partial charge in [0, 0.05) is 29.6 Å². The van der Waals surface area contributed by atoms with Crippen LogP contribution in [0, 0.1) is 6.92 Å². The Labute approximate surface area is 170 Å². The van der Waals surface area contributed by atoms with Gasteiger partial charge in [-0.1, -0.05) is 19.4 Å². The summed E-state index contributed by atoms with van der Waals surface area (Å²) in [5, 5.41) is 10.5. The molecule has 0 bridgehead atoms. The molecule has 1 unspecified atom stereocenters. The Kier molecular flexibility index (Phi) is 5.36. The number of morpholine rings is 1. The molecular weight excluding hydrogens is 372 g/mol. The van der Waals surface area contributed by atoms with Gasteiger partial charge >= 0.3 is 5.97 Å². The zero-order valence-electron chi connectivity index (χ0n) is 17.0. The second-order valence-electron chi connectivity index (χ2n) is 7.98. The molecule has 0 saturated carbocycles. The van der Waals surface area contributed by atoms with Crippen molar-refractivity contribution in [3.63, 3.8) is 0 Å². The third kappa shape index (κ3) is 3.42. The molecule has 0 spiro atoms. The van der Waals surface area contributed by atoms with Crippen molar-refractivity contribution in [1.82, 2.24) is 9.88 Å². The lowest BCUT2D eigenvalue weighted by Gasteiger charge is -2.36. The maximum absolute atomic E-state index is 13.3. The number of carbonyl (C=O) groups is 2. The van der Waals surface area contributed by atoms with E-state index in [1.54, 1.807) is 0 Å². The second-order valence-corrected chi connectivity index (χ2v) is 7.98. The number of aliphatic carboxylic acids is 1. The average Bonchev–Trinajstić information content (AvgIpc) is 3.11. The van der Waals surface area contributed by atoms with Crippen LogP contribution in [-0.2, 0) is 26.3 Å². The van der Waals surface area contributed by atoms with E-state index in [-0.39, 0.29) is 12.3 Å². The highest BCUT2D eigenvalue weighted by Gasteiger charge is 2.42. The molecule has 1 saturated heterocycles. The summed E-state index contributed by atoms with van der Waals surface area (Å²) in [5.74, 6) is -0.878. The number of amides is 1. The molecule has 4 rings (SSSR count). The molecule has 7 heteroatoms. The molecule has 2 aromatic rings. The number of fused-ring (bicyclic) bond motifs is 3. The number of carboxylic acid groups (broad SMARTS) is 1. The number of aryl methyl sites for hydroxylation is 1. The number of aromatic nitrogens is 1. The van der Waals surface area contributed by atoms with Crippen LogP contribution in [0.25, 0.3) is 10.9 Å². The van der Waals surface area contributed by atoms with Gasteiger partial charge in [-0.3, -0.25) is 9.59 Å². The van der Waals surface area contributed by atoms with Gasteiger partial charge in [-0.2, -0.15) is 0 Å². The molecule has 2 N–H and O–H groups in total. The minimum absolute atomic E-state index is 0.00548. The van der Waals surface area contributed by atoms with Crippen molar-refractivity contribution < 1.29 is 24.2 Å². The number of rotatable bonds is 5. The molecule has 156 valence electrons. The van der Waals surface area contributed by atoms with Gasteiger partial charge in [-0.25, -0.2) is 0 Å². The van der Waals surface area contributed by atoms with E-state index in [0.29, 0.717) is 51.3 Å². The van der Waals surface area contributed by atoms with Crippen LogP contribution in [-0.4, -0.2) is 59.8 Å². The summed E-state index contributed by atoms with van der Waals surface area (Å²) >= 11 is 0. The van der Waals surface area contributed by atoms with Crippen molar-refractivity contribution in [3.05, 3.63) is 34.5 Å². The molecule has 0 radical (unpaired) electrons. The maximum atomic E-state index is 13.3. The van der Waals surface area contributed by atoms with Gasteiger partial charge in [0.15, 0.2) is 0 Å². The standard InChI is InChI=1S/C22H28N2O5/c1-3-7-22(13-17(25)26)20-15(6-10-29-22)18-16(5-4-14(2)19(18)23-20)21(27)24-8-11-28-12-9-24/h4-5,23H,3,6-13H2,1-2H3,(H,25,26). The van der Waals surface area contributed by atoms with Gasteiger partial charge in [-0.05, 0) is 37.0 Å². The maximum Gasteiger partial charge on any atom is 0.306 e. The zero-order valence-corrected chi connectivity index (χ0v) is 17.0. The van der Waals surface area contributed by atoms with Gasteiger partial charge in [0.2, 0.25) is 0 Å². The van der Waals surface area contributed by atoms with Crippen molar-refractivity contribution in [1.29, 1.82) is 0 Å². The van der Waals surface area contributed by atoms with Gasteiger partial charge in [-0.15, -0.1) is 0 Å². The average molecular weight is 400 g/mol. The fraction of sp³-hybridized carbons (Fsp3) is 0.545. The molecule has 1 aromatic carbocycles. The van der Waals surface area contributed by atoms with Gasteiger partial charge in [0.1, 0.15) is 5.60 Å². The fourth-order valence-electron chi connectivity index (χ4n) is 4.75. The van der Waals surface area contributed by atoms with Crippen LogP contribution in [0.1, 0.15) is 53.4 Å². The summed E-state index contributed by atoms with van der Waals surface area (Å²) in [4.78, 5) is 30.3. The minimum atomic E-state index is -0.883. The lowest BCUT2D eigenvalue weighted by molar-refractivity contribution is -0.149. The summed E-state index contributed by atoms with van der Waals surface area (Å²) in [6.45, 7) is 6.77. The van der Waals surface area contributed by atoms with Crippen LogP contribution >= 0.6 is 0 Å². The summed E-state index contributed by atoms with van der Waals surface area (Å²) in [5.41, 5.74) is 3.60. The molecule has 0 aliphatic carbocycles. The number of ether oxygens (including phenoxy) is 2. The first-order valence-corrected chi connectivity index (χ1v) is 10.3. The molecule has 29 heavy (non-hydrogen) atoms. The molecule has 7 nitrogen and oxygen atoms in total. The number of H-pyrrole nitrogens is 1. The van der Waals surface area contributed by atoms with E-state index in [1.165, 1.54) is 0 Å². The number of carboxylic acids is 1. The molecule has 1 fully saturated rings. The zero-order chi connectivity index (χ0) is 20.6. The predicted molar refractivity (Wildman–Crippen MR) is 108 cm³/mol. The number of hydrogen-bond donors (Lipinski definition) is 2. The van der Waals surface area contributed by atoms with Crippen molar-refractivity contribution in [3.8, 4) is 0 Å². The highest BCUT2D eigenvalue weighted by Crippen LogP contribution is 2.43. The van der Waals surface area contributed by atoms with Gasteiger partial charge in [0.25, 0.3) is 5.91 Å². The molecule has 2 aliphatic rings. The lowest BCUT2D eigenvalue weighted by atomic mass is 9.84. The quantitative estimate of drug-likeness (QED) is 0.805. The van der Waals surface area contributed by atoms with E-state index < -0.39 is 11.6 Å². The van der Waals surface area contributed by atoms with E-state index in [2.05, 4.69) is 4.98 Å². The summed E-state index contributed by atoms with van der Waals surface area (Å²) < 4.78 is 11.5. The second kappa shape index (κ2) is 7.80. The first-order valence-electron chi connectivity index (χ1n) is 10.3. The van der Waals surface area contributed by atoms with Crippen LogP contribution in [0.5, 0.6) is 0 Å². The Morgan fingerprint density at radius 2 is 2.00 bits per heavy atom. The first-order chi connectivity index (χ1) is 14.0. The molecule has 1 amide bonds. The molecule has 3 heterocycles. The van der Waals surface area contributed by atoms with E-state index in [0.717, 1.165) is 34.1 Å². The molecule has 2 aliphatic heterocycles. The van der Waals surface area contributed by atoms with Crippen LogP contribution in [0.2, 0.25) is 0 Å². The molecule has 1 aromatic heterocycles. The Hall–Kier alpha value is -2.38. The van der Waals surface area contributed by atoms with Gasteiger partial charge in [0.05, 0.1) is 31.9 Å². The first kappa shape index (κ1) is 19.9. The van der Waals surface area contributed by atoms with E-state index >= 15 is 0 Å². The number of nitrogens with one attached hydrogen (secondary N) is 1. The Balaban J connectivity index is 1.88. The number of nitrogens with zero attached hydrogens (tertiary/aromatic N) is 1. The van der Waals surface area contributed by atoms with Crippen molar-refractivity contribution >= 4 is 22.8 Å².